The fraction of sp³-hybridized carbons (Fsp3) is 0.333. The van der Waals surface area contributed by atoms with Crippen LogP contribution in [0.1, 0.15) is 22.8 Å². The van der Waals surface area contributed by atoms with Crippen LogP contribution in [-0.4, -0.2) is 34.8 Å². The van der Waals surface area contributed by atoms with E-state index < -0.39 is 6.10 Å². The van der Waals surface area contributed by atoms with Crippen molar-refractivity contribution in [2.24, 2.45) is 0 Å². The van der Waals surface area contributed by atoms with E-state index in [9.17, 15) is 14.6 Å². The predicted molar refractivity (Wildman–Crippen MR) is 84.9 cm³/mol. The highest BCUT2D eigenvalue weighted by molar-refractivity contribution is 5.28. The zero-order valence-electron chi connectivity index (χ0n) is 12.7. The standard InChI is InChI=1S/C18H22FNO2/c1-14-11-16(19)7-8-17(14)18(22)13-20(9-10-21)12-15-5-3-2-4-6-15/h2-8,11,18,21-22H,9-10,12-13H2,1H3. The van der Waals surface area contributed by atoms with Crippen LogP contribution < -0.4 is 0 Å². The first-order valence-electron chi connectivity index (χ1n) is 7.41. The molecule has 0 amide bonds. The highest BCUT2D eigenvalue weighted by Gasteiger charge is 2.16. The van der Waals surface area contributed by atoms with Crippen molar-refractivity contribution in [3.8, 4) is 0 Å². The number of rotatable bonds is 7. The molecule has 0 heterocycles. The molecule has 0 saturated heterocycles. The lowest BCUT2D eigenvalue weighted by Crippen LogP contribution is -2.31. The first kappa shape index (κ1) is 16.6. The van der Waals surface area contributed by atoms with Gasteiger partial charge in [0, 0.05) is 19.6 Å². The van der Waals surface area contributed by atoms with Gasteiger partial charge in [0.15, 0.2) is 0 Å². The quantitative estimate of drug-likeness (QED) is 0.826. The monoisotopic (exact) mass is 303 g/mol. The summed E-state index contributed by atoms with van der Waals surface area (Å²) >= 11 is 0. The molecule has 1 unspecified atom stereocenters. The van der Waals surface area contributed by atoms with Gasteiger partial charge in [-0.2, -0.15) is 0 Å². The van der Waals surface area contributed by atoms with E-state index in [2.05, 4.69) is 0 Å². The highest BCUT2D eigenvalue weighted by Crippen LogP contribution is 2.20. The molecule has 0 aliphatic carbocycles. The van der Waals surface area contributed by atoms with Gasteiger partial charge in [-0.1, -0.05) is 36.4 Å². The Balaban J connectivity index is 2.06. The van der Waals surface area contributed by atoms with Gasteiger partial charge < -0.3 is 10.2 Å². The van der Waals surface area contributed by atoms with Gasteiger partial charge in [0.1, 0.15) is 5.82 Å². The van der Waals surface area contributed by atoms with Crippen LogP contribution in [0.15, 0.2) is 48.5 Å². The topological polar surface area (TPSA) is 43.7 Å². The summed E-state index contributed by atoms with van der Waals surface area (Å²) in [7, 11) is 0. The second-order valence-electron chi connectivity index (χ2n) is 5.46. The minimum Gasteiger partial charge on any atom is -0.395 e. The van der Waals surface area contributed by atoms with Crippen LogP contribution in [-0.2, 0) is 6.54 Å². The van der Waals surface area contributed by atoms with Crippen molar-refractivity contribution < 1.29 is 14.6 Å². The summed E-state index contributed by atoms with van der Waals surface area (Å²) in [6.07, 6.45) is -0.712. The van der Waals surface area contributed by atoms with Crippen LogP contribution in [0.25, 0.3) is 0 Å². The molecule has 118 valence electrons. The van der Waals surface area contributed by atoms with E-state index in [0.717, 1.165) is 16.7 Å². The molecule has 0 aliphatic heterocycles. The lowest BCUT2D eigenvalue weighted by atomic mass is 10.0. The van der Waals surface area contributed by atoms with Gasteiger partial charge in [-0.05, 0) is 35.7 Å². The Morgan fingerprint density at radius 1 is 1.14 bits per heavy atom. The smallest absolute Gasteiger partial charge is 0.123 e. The third kappa shape index (κ3) is 4.63. The van der Waals surface area contributed by atoms with Crippen molar-refractivity contribution in [1.29, 1.82) is 0 Å². The van der Waals surface area contributed by atoms with Crippen molar-refractivity contribution in [3.05, 3.63) is 71.0 Å². The average Bonchev–Trinajstić information content (AvgIpc) is 2.48. The number of aliphatic hydroxyl groups excluding tert-OH is 2. The normalized spacial score (nSPS) is 12.6. The number of nitrogens with zero attached hydrogens (tertiary/aromatic N) is 1. The molecular weight excluding hydrogens is 281 g/mol. The minimum atomic E-state index is -0.712. The van der Waals surface area contributed by atoms with Crippen LogP contribution in [0.3, 0.4) is 0 Å². The maximum Gasteiger partial charge on any atom is 0.123 e. The van der Waals surface area contributed by atoms with E-state index in [0.29, 0.717) is 19.6 Å². The van der Waals surface area contributed by atoms with Crippen LogP contribution in [0.2, 0.25) is 0 Å². The van der Waals surface area contributed by atoms with Gasteiger partial charge >= 0.3 is 0 Å². The molecule has 3 nitrogen and oxygen atoms in total. The number of aryl methyl sites for hydroxylation is 1. The van der Waals surface area contributed by atoms with Crippen molar-refractivity contribution in [3.63, 3.8) is 0 Å². The number of benzene rings is 2. The molecule has 0 fully saturated rings. The van der Waals surface area contributed by atoms with Crippen LogP contribution in [0.5, 0.6) is 0 Å². The van der Waals surface area contributed by atoms with Gasteiger partial charge in [-0.3, -0.25) is 4.90 Å². The largest absolute Gasteiger partial charge is 0.395 e. The number of hydrogen-bond acceptors (Lipinski definition) is 3. The number of halogens is 1. The predicted octanol–water partition coefficient (Wildman–Crippen LogP) is 2.66. The van der Waals surface area contributed by atoms with Crippen molar-refractivity contribution in [1.82, 2.24) is 4.90 Å². The van der Waals surface area contributed by atoms with Gasteiger partial charge in [-0.25, -0.2) is 4.39 Å². The van der Waals surface area contributed by atoms with E-state index in [1.54, 1.807) is 13.0 Å². The van der Waals surface area contributed by atoms with Gasteiger partial charge in [0.05, 0.1) is 12.7 Å². The van der Waals surface area contributed by atoms with Crippen LogP contribution in [0.4, 0.5) is 4.39 Å². The summed E-state index contributed by atoms with van der Waals surface area (Å²) in [5.41, 5.74) is 2.58. The fourth-order valence-electron chi connectivity index (χ4n) is 2.57. The van der Waals surface area contributed by atoms with Gasteiger partial charge in [0.2, 0.25) is 0 Å². The van der Waals surface area contributed by atoms with Crippen molar-refractivity contribution in [2.45, 2.75) is 19.6 Å². The fourth-order valence-corrected chi connectivity index (χ4v) is 2.57. The third-order valence-corrected chi connectivity index (χ3v) is 3.69. The summed E-state index contributed by atoms with van der Waals surface area (Å²) in [5.74, 6) is -0.301. The molecule has 1 atom stereocenters. The molecule has 0 radical (unpaired) electrons. The molecule has 2 N–H and O–H groups in total. The Hall–Kier alpha value is -1.75. The van der Waals surface area contributed by atoms with E-state index in [1.165, 1.54) is 12.1 Å². The van der Waals surface area contributed by atoms with E-state index in [1.807, 2.05) is 35.2 Å². The first-order valence-corrected chi connectivity index (χ1v) is 7.41. The molecule has 2 rings (SSSR count). The SMILES string of the molecule is Cc1cc(F)ccc1C(O)CN(CCO)Cc1ccccc1. The molecule has 0 saturated carbocycles. The first-order chi connectivity index (χ1) is 10.6. The summed E-state index contributed by atoms with van der Waals surface area (Å²) in [4.78, 5) is 1.99. The Morgan fingerprint density at radius 2 is 1.86 bits per heavy atom. The lowest BCUT2D eigenvalue weighted by molar-refractivity contribution is 0.0952. The second-order valence-corrected chi connectivity index (χ2v) is 5.46. The third-order valence-electron chi connectivity index (χ3n) is 3.69. The molecule has 0 spiro atoms. The minimum absolute atomic E-state index is 0.0297. The van der Waals surface area contributed by atoms with Crippen molar-refractivity contribution in [2.75, 3.05) is 19.7 Å². The Kier molecular flexibility index (Phi) is 6.07. The highest BCUT2D eigenvalue weighted by atomic mass is 19.1. The summed E-state index contributed by atoms with van der Waals surface area (Å²) in [5, 5.41) is 19.6. The van der Waals surface area contributed by atoms with E-state index in [-0.39, 0.29) is 12.4 Å². The molecule has 0 aromatic heterocycles. The zero-order valence-corrected chi connectivity index (χ0v) is 12.7. The Bertz CT molecular complexity index is 589. The van der Waals surface area contributed by atoms with E-state index in [4.69, 9.17) is 0 Å². The van der Waals surface area contributed by atoms with Crippen LogP contribution >= 0.6 is 0 Å². The maximum absolute atomic E-state index is 13.2. The molecule has 0 aliphatic rings. The Morgan fingerprint density at radius 3 is 2.50 bits per heavy atom. The average molecular weight is 303 g/mol. The molecule has 0 bridgehead atoms. The zero-order chi connectivity index (χ0) is 15.9. The molecule has 2 aromatic rings. The summed E-state index contributed by atoms with van der Waals surface area (Å²) < 4.78 is 13.2. The van der Waals surface area contributed by atoms with Gasteiger partial charge in [0.25, 0.3) is 0 Å². The molecule has 2 aromatic carbocycles. The number of aliphatic hydroxyl groups is 2. The molecule has 4 heteroatoms. The second kappa shape index (κ2) is 8.03. The summed E-state index contributed by atoms with van der Waals surface area (Å²) in [6, 6.07) is 14.3. The van der Waals surface area contributed by atoms with Gasteiger partial charge in [-0.15, -0.1) is 0 Å². The molecule has 22 heavy (non-hydrogen) atoms. The maximum atomic E-state index is 13.2. The van der Waals surface area contributed by atoms with E-state index >= 15 is 0 Å². The van der Waals surface area contributed by atoms with Crippen molar-refractivity contribution >= 4 is 0 Å². The number of hydrogen-bond donors (Lipinski definition) is 2. The Labute approximate surface area is 130 Å². The molecular formula is C18H22FNO2. The lowest BCUT2D eigenvalue weighted by Gasteiger charge is -2.25. The van der Waals surface area contributed by atoms with Crippen LogP contribution in [0, 0.1) is 12.7 Å². The summed E-state index contributed by atoms with van der Waals surface area (Å²) in [6.45, 7) is 3.34.